The molecule has 0 atom stereocenters. The van der Waals surface area contributed by atoms with Crippen LogP contribution in [0, 0.1) is 0 Å². The predicted octanol–water partition coefficient (Wildman–Crippen LogP) is 3.59. The Bertz CT molecular complexity index is 687. The van der Waals surface area contributed by atoms with Gasteiger partial charge in [-0.1, -0.05) is 29.3 Å². The average Bonchev–Trinajstić information content (AvgIpc) is 2.93. The molecule has 24 heavy (non-hydrogen) atoms. The van der Waals surface area contributed by atoms with Crippen LogP contribution in [-0.2, 0) is 20.0 Å². The first-order valence-electron chi connectivity index (χ1n) is 7.33. The van der Waals surface area contributed by atoms with E-state index in [0.29, 0.717) is 16.6 Å². The number of rotatable bonds is 5. The maximum absolute atomic E-state index is 6.06. The zero-order valence-electron chi connectivity index (χ0n) is 14.0. The Morgan fingerprint density at radius 2 is 2.04 bits per heavy atom. The smallest absolute Gasteiger partial charge is 0.193 e. The number of nitrogens with zero attached hydrogens (tertiary/aromatic N) is 4. The molecule has 1 N–H and O–H groups in total. The third kappa shape index (κ3) is 6.14. The van der Waals surface area contributed by atoms with Gasteiger partial charge in [0.15, 0.2) is 5.96 Å². The number of aromatic nitrogens is 2. The van der Waals surface area contributed by atoms with Gasteiger partial charge in [0.25, 0.3) is 0 Å². The van der Waals surface area contributed by atoms with Crippen molar-refractivity contribution < 1.29 is 0 Å². The second kappa shape index (κ2) is 10.1. The Morgan fingerprint density at radius 3 is 2.62 bits per heavy atom. The van der Waals surface area contributed by atoms with Crippen molar-refractivity contribution in [1.82, 2.24) is 20.0 Å². The lowest BCUT2D eigenvalue weighted by Crippen LogP contribution is -2.39. The van der Waals surface area contributed by atoms with Crippen LogP contribution in [0.25, 0.3) is 0 Å². The summed E-state index contributed by atoms with van der Waals surface area (Å²) in [5, 5.41) is 8.65. The van der Waals surface area contributed by atoms with Crippen molar-refractivity contribution in [2.75, 3.05) is 20.6 Å². The monoisotopic (exact) mass is 481 g/mol. The maximum atomic E-state index is 6.06. The first-order valence-corrected chi connectivity index (χ1v) is 8.08. The van der Waals surface area contributed by atoms with E-state index in [0.717, 1.165) is 24.5 Å². The van der Waals surface area contributed by atoms with Crippen LogP contribution in [0.2, 0.25) is 10.0 Å². The molecule has 0 bridgehead atoms. The van der Waals surface area contributed by atoms with Crippen molar-refractivity contribution >= 4 is 53.1 Å². The van der Waals surface area contributed by atoms with Gasteiger partial charge in [-0.25, -0.2) is 0 Å². The predicted molar refractivity (Wildman–Crippen MR) is 112 cm³/mol. The molecule has 1 heterocycles. The van der Waals surface area contributed by atoms with E-state index >= 15 is 0 Å². The lowest BCUT2D eigenvalue weighted by atomic mass is 10.2. The largest absolute Gasteiger partial charge is 0.356 e. The number of aryl methyl sites for hydroxylation is 1. The summed E-state index contributed by atoms with van der Waals surface area (Å²) in [5.74, 6) is 0.833. The third-order valence-electron chi connectivity index (χ3n) is 3.43. The van der Waals surface area contributed by atoms with E-state index < -0.39 is 0 Å². The number of aliphatic imine (C=N–C) groups is 1. The maximum Gasteiger partial charge on any atom is 0.193 e. The number of halogens is 3. The highest BCUT2D eigenvalue weighted by molar-refractivity contribution is 14.0. The van der Waals surface area contributed by atoms with Crippen LogP contribution in [0.3, 0.4) is 0 Å². The van der Waals surface area contributed by atoms with E-state index in [-0.39, 0.29) is 24.0 Å². The van der Waals surface area contributed by atoms with Crippen molar-refractivity contribution in [2.24, 2.45) is 12.0 Å². The molecule has 0 saturated carbocycles. The molecule has 0 amide bonds. The van der Waals surface area contributed by atoms with Crippen LogP contribution < -0.4 is 5.32 Å². The van der Waals surface area contributed by atoms with E-state index in [1.54, 1.807) is 11.7 Å². The van der Waals surface area contributed by atoms with Gasteiger partial charge in [0.2, 0.25) is 0 Å². The number of hydrogen-bond donors (Lipinski definition) is 1. The molecular formula is C16H22Cl2IN5. The highest BCUT2D eigenvalue weighted by Crippen LogP contribution is 2.23. The Hall–Kier alpha value is -0.990. The molecule has 0 aliphatic carbocycles. The molecule has 1 aromatic carbocycles. The van der Waals surface area contributed by atoms with Gasteiger partial charge >= 0.3 is 0 Å². The van der Waals surface area contributed by atoms with Crippen molar-refractivity contribution in [1.29, 1.82) is 0 Å². The first-order chi connectivity index (χ1) is 11.0. The minimum atomic E-state index is 0. The van der Waals surface area contributed by atoms with Gasteiger partial charge in [-0.15, -0.1) is 24.0 Å². The molecule has 0 fully saturated rings. The Kier molecular flexibility index (Phi) is 8.86. The molecule has 1 aromatic heterocycles. The summed E-state index contributed by atoms with van der Waals surface area (Å²) < 4.78 is 1.81. The molecule has 132 valence electrons. The van der Waals surface area contributed by atoms with Crippen LogP contribution in [0.4, 0.5) is 0 Å². The summed E-state index contributed by atoms with van der Waals surface area (Å²) in [6.07, 6.45) is 4.79. The van der Waals surface area contributed by atoms with Gasteiger partial charge < -0.3 is 10.2 Å². The molecule has 8 heteroatoms. The standard InChI is InChI=1S/C16H21Cl2N5.HI/c1-19-16(20-7-6-13-9-21-23(3)11-13)22(2)10-12-4-5-14(17)15(18)8-12;/h4-5,8-9,11H,6-7,10H2,1-3H3,(H,19,20);1H. The summed E-state index contributed by atoms with van der Waals surface area (Å²) in [5.41, 5.74) is 2.28. The Labute approximate surface area is 170 Å². The molecule has 0 aliphatic rings. The van der Waals surface area contributed by atoms with Crippen LogP contribution in [-0.4, -0.2) is 41.3 Å². The number of nitrogens with one attached hydrogen (secondary N) is 1. The van der Waals surface area contributed by atoms with E-state index in [4.69, 9.17) is 23.2 Å². The minimum absolute atomic E-state index is 0. The van der Waals surface area contributed by atoms with Crippen molar-refractivity contribution in [3.63, 3.8) is 0 Å². The first kappa shape index (κ1) is 21.1. The highest BCUT2D eigenvalue weighted by Gasteiger charge is 2.08. The Balaban J connectivity index is 0.00000288. The molecule has 0 radical (unpaired) electrons. The quantitative estimate of drug-likeness (QED) is 0.403. The van der Waals surface area contributed by atoms with E-state index in [9.17, 15) is 0 Å². The zero-order chi connectivity index (χ0) is 16.8. The fourth-order valence-corrected chi connectivity index (χ4v) is 2.61. The third-order valence-corrected chi connectivity index (χ3v) is 4.17. The lowest BCUT2D eigenvalue weighted by Gasteiger charge is -2.22. The summed E-state index contributed by atoms with van der Waals surface area (Å²) in [4.78, 5) is 6.36. The molecule has 5 nitrogen and oxygen atoms in total. The zero-order valence-corrected chi connectivity index (χ0v) is 17.8. The van der Waals surface area contributed by atoms with Crippen LogP contribution in [0.15, 0.2) is 35.6 Å². The van der Waals surface area contributed by atoms with Gasteiger partial charge in [0.1, 0.15) is 0 Å². The molecule has 0 aliphatic heterocycles. The second-order valence-corrected chi connectivity index (χ2v) is 6.17. The van der Waals surface area contributed by atoms with Gasteiger partial charge in [0.05, 0.1) is 16.2 Å². The second-order valence-electron chi connectivity index (χ2n) is 5.35. The van der Waals surface area contributed by atoms with Crippen LogP contribution in [0.5, 0.6) is 0 Å². The van der Waals surface area contributed by atoms with Gasteiger partial charge in [-0.05, 0) is 29.7 Å². The fraction of sp³-hybridized carbons (Fsp3) is 0.375. The number of benzene rings is 1. The summed E-state index contributed by atoms with van der Waals surface area (Å²) in [7, 11) is 5.68. The summed E-state index contributed by atoms with van der Waals surface area (Å²) >= 11 is 12.0. The SMILES string of the molecule is CN=C(NCCc1cnn(C)c1)N(C)Cc1ccc(Cl)c(Cl)c1.I. The fourth-order valence-electron chi connectivity index (χ4n) is 2.29. The molecule has 2 aromatic rings. The normalized spacial score (nSPS) is 11.1. The lowest BCUT2D eigenvalue weighted by molar-refractivity contribution is 0.477. The molecule has 0 saturated heterocycles. The molecular weight excluding hydrogens is 460 g/mol. The molecule has 0 spiro atoms. The van der Waals surface area contributed by atoms with E-state index in [2.05, 4.69) is 15.4 Å². The topological polar surface area (TPSA) is 45.5 Å². The number of hydrogen-bond acceptors (Lipinski definition) is 2. The van der Waals surface area contributed by atoms with E-state index in [1.807, 2.05) is 49.6 Å². The van der Waals surface area contributed by atoms with Gasteiger partial charge in [-0.3, -0.25) is 9.67 Å². The van der Waals surface area contributed by atoms with Gasteiger partial charge in [-0.2, -0.15) is 5.10 Å². The van der Waals surface area contributed by atoms with E-state index in [1.165, 1.54) is 5.56 Å². The minimum Gasteiger partial charge on any atom is -0.356 e. The highest BCUT2D eigenvalue weighted by atomic mass is 127. The van der Waals surface area contributed by atoms with Crippen molar-refractivity contribution in [3.8, 4) is 0 Å². The van der Waals surface area contributed by atoms with Crippen LogP contribution >= 0.6 is 47.2 Å². The average molecular weight is 482 g/mol. The van der Waals surface area contributed by atoms with Crippen molar-refractivity contribution in [3.05, 3.63) is 51.8 Å². The summed E-state index contributed by atoms with van der Waals surface area (Å²) in [6, 6.07) is 5.66. The Morgan fingerprint density at radius 1 is 1.29 bits per heavy atom. The summed E-state index contributed by atoms with van der Waals surface area (Å²) in [6.45, 7) is 1.49. The van der Waals surface area contributed by atoms with Crippen LogP contribution in [0.1, 0.15) is 11.1 Å². The number of guanidine groups is 1. The van der Waals surface area contributed by atoms with Gasteiger partial charge in [0, 0.05) is 40.4 Å². The molecule has 0 unspecified atom stereocenters. The molecule has 2 rings (SSSR count). The van der Waals surface area contributed by atoms with Crippen molar-refractivity contribution in [2.45, 2.75) is 13.0 Å².